The van der Waals surface area contributed by atoms with Crippen LogP contribution >= 0.6 is 23.2 Å². The van der Waals surface area contributed by atoms with Crippen molar-refractivity contribution in [3.63, 3.8) is 0 Å². The average molecular weight is 345 g/mol. The fourth-order valence-corrected chi connectivity index (χ4v) is 3.69. The first kappa shape index (κ1) is 14.7. The van der Waals surface area contributed by atoms with Gasteiger partial charge in [0, 0.05) is 23.9 Å². The molecule has 6 heteroatoms. The molecule has 0 N–H and O–H groups in total. The molecule has 0 bridgehead atoms. The highest BCUT2D eigenvalue weighted by atomic mass is 35.5. The number of rotatable bonds is 1. The molecule has 116 valence electrons. The van der Waals surface area contributed by atoms with Gasteiger partial charge in [-0.25, -0.2) is 0 Å². The van der Waals surface area contributed by atoms with Gasteiger partial charge in [-0.15, -0.1) is 10.2 Å². The third kappa shape index (κ3) is 2.25. The Bertz CT molecular complexity index is 917. The van der Waals surface area contributed by atoms with Crippen molar-refractivity contribution in [1.82, 2.24) is 19.7 Å². The lowest BCUT2D eigenvalue weighted by Crippen LogP contribution is -2.16. The fourth-order valence-electron chi connectivity index (χ4n) is 3.20. The molecule has 3 heterocycles. The molecule has 0 fully saturated rings. The second kappa shape index (κ2) is 5.32. The molecular weight excluding hydrogens is 331 g/mol. The van der Waals surface area contributed by atoms with E-state index in [2.05, 4.69) is 28.2 Å². The lowest BCUT2D eigenvalue weighted by atomic mass is 9.91. The molecule has 0 saturated carbocycles. The molecule has 0 amide bonds. The Kier molecular flexibility index (Phi) is 3.39. The predicted molar refractivity (Wildman–Crippen MR) is 91.5 cm³/mol. The van der Waals surface area contributed by atoms with E-state index in [1.165, 1.54) is 5.56 Å². The maximum Gasteiger partial charge on any atom is 0.140 e. The van der Waals surface area contributed by atoms with Crippen molar-refractivity contribution >= 4 is 23.2 Å². The van der Waals surface area contributed by atoms with Crippen molar-refractivity contribution in [1.29, 1.82) is 0 Å². The summed E-state index contributed by atoms with van der Waals surface area (Å²) in [7, 11) is 0. The molecule has 3 aromatic rings. The van der Waals surface area contributed by atoms with Crippen LogP contribution in [0.3, 0.4) is 0 Å². The summed E-state index contributed by atoms with van der Waals surface area (Å²) >= 11 is 12.8. The summed E-state index contributed by atoms with van der Waals surface area (Å²) in [5.74, 6) is 1.25. The summed E-state index contributed by atoms with van der Waals surface area (Å²) in [6.45, 7) is 4.14. The normalized spacial score (nSPS) is 16.1. The summed E-state index contributed by atoms with van der Waals surface area (Å²) in [5.41, 5.74) is 5.20. The summed E-state index contributed by atoms with van der Waals surface area (Å²) in [6, 6.07) is 4.13. The van der Waals surface area contributed by atoms with Gasteiger partial charge >= 0.3 is 0 Å². The maximum absolute atomic E-state index is 6.59. The van der Waals surface area contributed by atoms with E-state index in [0.29, 0.717) is 16.0 Å². The molecule has 1 aromatic carbocycles. The second-order valence-electron chi connectivity index (χ2n) is 5.92. The van der Waals surface area contributed by atoms with E-state index in [-0.39, 0.29) is 0 Å². The van der Waals surface area contributed by atoms with Crippen LogP contribution in [0.1, 0.15) is 29.8 Å². The zero-order valence-corrected chi connectivity index (χ0v) is 14.2. The van der Waals surface area contributed by atoms with E-state index >= 15 is 0 Å². The molecule has 0 radical (unpaired) electrons. The third-order valence-electron chi connectivity index (χ3n) is 4.39. The molecule has 0 spiro atoms. The zero-order valence-electron chi connectivity index (χ0n) is 12.7. The van der Waals surface area contributed by atoms with Crippen molar-refractivity contribution in [3.05, 3.63) is 57.9 Å². The SMILES string of the molecule is Cc1c(Cl)cncc1-c1cc(Cl)c2c(c1)CC(C)c1nncn1-2. The number of fused-ring (bicyclic) bond motifs is 3. The minimum atomic E-state index is 0.301. The van der Waals surface area contributed by atoms with Crippen LogP contribution in [-0.4, -0.2) is 19.7 Å². The Labute approximate surface area is 144 Å². The Hall–Kier alpha value is -1.91. The monoisotopic (exact) mass is 344 g/mol. The van der Waals surface area contributed by atoms with Gasteiger partial charge in [-0.3, -0.25) is 9.55 Å². The van der Waals surface area contributed by atoms with Gasteiger partial charge < -0.3 is 0 Å². The summed E-state index contributed by atoms with van der Waals surface area (Å²) in [4.78, 5) is 4.21. The van der Waals surface area contributed by atoms with Crippen molar-refractivity contribution in [2.45, 2.75) is 26.2 Å². The van der Waals surface area contributed by atoms with Crippen LogP contribution in [0.15, 0.2) is 30.9 Å². The van der Waals surface area contributed by atoms with Crippen LogP contribution in [0.25, 0.3) is 16.8 Å². The Balaban J connectivity index is 1.94. The predicted octanol–water partition coefficient (Wildman–Crippen LogP) is 4.60. The first-order valence-corrected chi connectivity index (χ1v) is 8.15. The molecule has 1 atom stereocenters. The second-order valence-corrected chi connectivity index (χ2v) is 6.74. The highest BCUT2D eigenvalue weighted by Crippen LogP contribution is 2.39. The molecule has 1 unspecified atom stereocenters. The van der Waals surface area contributed by atoms with E-state index in [1.807, 2.05) is 23.8 Å². The van der Waals surface area contributed by atoms with Crippen LogP contribution in [0, 0.1) is 6.92 Å². The number of hydrogen-bond acceptors (Lipinski definition) is 3. The molecule has 4 nitrogen and oxygen atoms in total. The maximum atomic E-state index is 6.59. The van der Waals surface area contributed by atoms with E-state index in [1.54, 1.807) is 12.5 Å². The Morgan fingerprint density at radius 3 is 2.83 bits per heavy atom. The van der Waals surface area contributed by atoms with Crippen molar-refractivity contribution < 1.29 is 0 Å². The van der Waals surface area contributed by atoms with Gasteiger partial charge in [-0.2, -0.15) is 0 Å². The molecule has 2 aromatic heterocycles. The molecule has 0 saturated heterocycles. The first-order chi connectivity index (χ1) is 11.1. The van der Waals surface area contributed by atoms with Gasteiger partial charge in [-0.1, -0.05) is 30.1 Å². The molecular formula is C17H14Cl2N4. The summed E-state index contributed by atoms with van der Waals surface area (Å²) < 4.78 is 1.98. The number of aromatic nitrogens is 4. The molecule has 1 aliphatic rings. The molecule has 0 aliphatic carbocycles. The first-order valence-electron chi connectivity index (χ1n) is 7.39. The minimum Gasteiger partial charge on any atom is -0.284 e. The lowest BCUT2D eigenvalue weighted by molar-refractivity contribution is 0.648. The smallest absolute Gasteiger partial charge is 0.140 e. The number of benzene rings is 1. The van der Waals surface area contributed by atoms with Gasteiger partial charge in [0.1, 0.15) is 12.2 Å². The zero-order chi connectivity index (χ0) is 16.1. The molecule has 1 aliphatic heterocycles. The lowest BCUT2D eigenvalue weighted by Gasteiger charge is -2.24. The van der Waals surface area contributed by atoms with Crippen molar-refractivity contribution in [2.24, 2.45) is 0 Å². The number of pyridine rings is 1. The van der Waals surface area contributed by atoms with Gasteiger partial charge in [0.05, 0.1) is 15.7 Å². The highest BCUT2D eigenvalue weighted by molar-refractivity contribution is 6.33. The van der Waals surface area contributed by atoms with Crippen molar-refractivity contribution in [3.8, 4) is 16.8 Å². The van der Waals surface area contributed by atoms with Crippen LogP contribution < -0.4 is 0 Å². The van der Waals surface area contributed by atoms with Gasteiger partial charge in [0.25, 0.3) is 0 Å². The van der Waals surface area contributed by atoms with E-state index < -0.39 is 0 Å². The molecule has 4 rings (SSSR count). The van der Waals surface area contributed by atoms with Crippen LogP contribution in [0.2, 0.25) is 10.0 Å². The fraction of sp³-hybridized carbons (Fsp3) is 0.235. The van der Waals surface area contributed by atoms with Gasteiger partial charge in [-0.05, 0) is 42.2 Å². The minimum absolute atomic E-state index is 0.301. The largest absolute Gasteiger partial charge is 0.284 e. The summed E-state index contributed by atoms with van der Waals surface area (Å²) in [5, 5.41) is 9.58. The number of nitrogens with zero attached hydrogens (tertiary/aromatic N) is 4. The van der Waals surface area contributed by atoms with Gasteiger partial charge in [0.2, 0.25) is 0 Å². The highest BCUT2D eigenvalue weighted by Gasteiger charge is 2.26. The van der Waals surface area contributed by atoms with Crippen LogP contribution in [0.5, 0.6) is 0 Å². The Morgan fingerprint density at radius 1 is 1.17 bits per heavy atom. The average Bonchev–Trinajstić information content (AvgIpc) is 2.99. The van der Waals surface area contributed by atoms with E-state index in [0.717, 1.165) is 34.6 Å². The van der Waals surface area contributed by atoms with Crippen LogP contribution in [0.4, 0.5) is 0 Å². The van der Waals surface area contributed by atoms with Crippen molar-refractivity contribution in [2.75, 3.05) is 0 Å². The quantitative estimate of drug-likeness (QED) is 0.647. The standard InChI is InChI=1S/C17H14Cl2N4/c1-9-3-12-4-11(13-6-20-7-15(19)10(13)2)5-14(18)16(12)23-8-21-22-17(9)23/h4-9H,3H2,1-2H3. The van der Waals surface area contributed by atoms with Gasteiger partial charge in [0.15, 0.2) is 0 Å². The third-order valence-corrected chi connectivity index (χ3v) is 5.06. The van der Waals surface area contributed by atoms with E-state index in [4.69, 9.17) is 23.2 Å². The number of halogens is 2. The topological polar surface area (TPSA) is 43.6 Å². The molecule has 23 heavy (non-hydrogen) atoms. The van der Waals surface area contributed by atoms with Crippen LogP contribution in [-0.2, 0) is 6.42 Å². The van der Waals surface area contributed by atoms with E-state index in [9.17, 15) is 0 Å². The number of hydrogen-bond donors (Lipinski definition) is 0. The Morgan fingerprint density at radius 2 is 2.00 bits per heavy atom. The summed E-state index contributed by atoms with van der Waals surface area (Å²) in [6.07, 6.45) is 6.10.